The molecule has 2 N–H and O–H groups in total. The van der Waals surface area contributed by atoms with Crippen LogP contribution in [0.4, 0.5) is 0 Å². The third-order valence-electron chi connectivity index (χ3n) is 1.15. The van der Waals surface area contributed by atoms with Gasteiger partial charge in [0.1, 0.15) is 5.15 Å². The molecule has 1 rings (SSSR count). The minimum Gasteiger partial charge on any atom is -0.478 e. The first-order valence-electron chi connectivity index (χ1n) is 4.49. The molecule has 0 aromatic carbocycles. The zero-order valence-electron chi connectivity index (χ0n) is 9.46. The summed E-state index contributed by atoms with van der Waals surface area (Å²) in [6.45, 7) is 5.23. The highest BCUT2D eigenvalue weighted by Crippen LogP contribution is 2.27. The van der Waals surface area contributed by atoms with Crippen LogP contribution in [0.2, 0.25) is 5.15 Å². The molecule has 0 aliphatic rings. The maximum Gasteiger partial charge on any atom is 0.338 e. The standard InChI is InChI=1S/C6H2BrClINO2.C4H10O/c7-3-4(9)2(6(11)12)1-10-5(3)8;1-4(2,3)5/h1H,(H,11,12);5H,1-3H3. The summed E-state index contributed by atoms with van der Waals surface area (Å²) in [5, 5.41) is 17.5. The van der Waals surface area contributed by atoms with E-state index in [1.54, 1.807) is 20.8 Å². The van der Waals surface area contributed by atoms with Gasteiger partial charge in [0.25, 0.3) is 0 Å². The first-order chi connectivity index (χ1) is 7.54. The zero-order chi connectivity index (χ0) is 13.8. The average Bonchev–Trinajstić information content (AvgIpc) is 2.11. The molecule has 1 heterocycles. The Balaban J connectivity index is 0.000000437. The molecule has 0 aliphatic carbocycles. The fraction of sp³-hybridized carbons (Fsp3) is 0.400. The highest BCUT2D eigenvalue weighted by molar-refractivity contribution is 14.1. The van der Waals surface area contributed by atoms with Crippen molar-refractivity contribution in [2.75, 3.05) is 0 Å². The minimum absolute atomic E-state index is 0.145. The van der Waals surface area contributed by atoms with Gasteiger partial charge in [-0.3, -0.25) is 0 Å². The number of aromatic carboxylic acids is 1. The van der Waals surface area contributed by atoms with E-state index in [4.69, 9.17) is 21.8 Å². The van der Waals surface area contributed by atoms with Crippen LogP contribution in [0.1, 0.15) is 31.1 Å². The molecule has 1 aromatic heterocycles. The van der Waals surface area contributed by atoms with E-state index < -0.39 is 11.6 Å². The predicted molar refractivity (Wildman–Crippen MR) is 78.6 cm³/mol. The lowest BCUT2D eigenvalue weighted by Gasteiger charge is -2.04. The van der Waals surface area contributed by atoms with Gasteiger partial charge < -0.3 is 10.2 Å². The zero-order valence-corrected chi connectivity index (χ0v) is 14.0. The summed E-state index contributed by atoms with van der Waals surface area (Å²) in [7, 11) is 0. The number of carboxylic acid groups (broad SMARTS) is 1. The number of pyridine rings is 1. The number of carboxylic acids is 1. The van der Waals surface area contributed by atoms with Gasteiger partial charge in [0.15, 0.2) is 0 Å². The highest BCUT2D eigenvalue weighted by Gasteiger charge is 2.13. The molecule has 0 aliphatic heterocycles. The normalized spacial score (nSPS) is 10.5. The van der Waals surface area contributed by atoms with E-state index >= 15 is 0 Å². The maximum atomic E-state index is 10.6. The number of hydrogen-bond acceptors (Lipinski definition) is 3. The van der Waals surface area contributed by atoms with Crippen molar-refractivity contribution >= 4 is 56.1 Å². The first-order valence-corrected chi connectivity index (χ1v) is 6.74. The van der Waals surface area contributed by atoms with Gasteiger partial charge >= 0.3 is 5.97 Å². The maximum absolute atomic E-state index is 10.6. The fourth-order valence-electron chi connectivity index (χ4n) is 0.592. The summed E-state index contributed by atoms with van der Waals surface area (Å²) in [5.74, 6) is -1.01. The lowest BCUT2D eigenvalue weighted by molar-refractivity contribution is 0.0695. The van der Waals surface area contributed by atoms with Gasteiger partial charge in [-0.05, 0) is 59.3 Å². The smallest absolute Gasteiger partial charge is 0.338 e. The molecular formula is C10H12BrClINO3. The van der Waals surface area contributed by atoms with Gasteiger partial charge in [0.05, 0.1) is 15.6 Å². The van der Waals surface area contributed by atoms with E-state index in [1.165, 1.54) is 6.20 Å². The summed E-state index contributed by atoms with van der Waals surface area (Å²) < 4.78 is 1.07. The number of halogens is 3. The van der Waals surface area contributed by atoms with Crippen molar-refractivity contribution in [2.24, 2.45) is 0 Å². The van der Waals surface area contributed by atoms with Crippen molar-refractivity contribution in [1.29, 1.82) is 0 Å². The van der Waals surface area contributed by atoms with Crippen molar-refractivity contribution < 1.29 is 15.0 Å². The van der Waals surface area contributed by atoms with Crippen molar-refractivity contribution in [3.05, 3.63) is 25.0 Å². The van der Waals surface area contributed by atoms with Crippen LogP contribution in [-0.2, 0) is 0 Å². The van der Waals surface area contributed by atoms with E-state index in [2.05, 4.69) is 20.9 Å². The van der Waals surface area contributed by atoms with Crippen LogP contribution in [0.3, 0.4) is 0 Å². The molecule has 7 heteroatoms. The van der Waals surface area contributed by atoms with Crippen LogP contribution in [0.25, 0.3) is 0 Å². The van der Waals surface area contributed by atoms with Gasteiger partial charge in [-0.2, -0.15) is 0 Å². The third-order valence-corrected chi connectivity index (χ3v) is 4.30. The monoisotopic (exact) mass is 435 g/mol. The van der Waals surface area contributed by atoms with E-state index in [0.717, 1.165) is 0 Å². The molecule has 0 saturated heterocycles. The molecule has 1 aromatic rings. The number of aliphatic hydroxyl groups is 1. The number of aromatic nitrogens is 1. The topological polar surface area (TPSA) is 70.4 Å². The Kier molecular flexibility index (Phi) is 6.90. The second-order valence-corrected chi connectivity index (χ2v) is 6.30. The average molecular weight is 436 g/mol. The van der Waals surface area contributed by atoms with Crippen LogP contribution in [-0.4, -0.2) is 26.8 Å². The van der Waals surface area contributed by atoms with E-state index in [0.29, 0.717) is 8.04 Å². The second-order valence-electron chi connectivity index (χ2n) is 4.07. The van der Waals surface area contributed by atoms with Gasteiger partial charge in [0, 0.05) is 9.77 Å². The first kappa shape index (κ1) is 17.1. The van der Waals surface area contributed by atoms with Gasteiger partial charge in [-0.15, -0.1) is 0 Å². The largest absolute Gasteiger partial charge is 0.478 e. The van der Waals surface area contributed by atoms with Crippen LogP contribution in [0, 0.1) is 3.57 Å². The molecule has 4 nitrogen and oxygen atoms in total. The molecule has 0 atom stereocenters. The van der Waals surface area contributed by atoms with E-state index in [-0.39, 0.29) is 10.7 Å². The van der Waals surface area contributed by atoms with Crippen LogP contribution < -0.4 is 0 Å². The van der Waals surface area contributed by atoms with Crippen LogP contribution in [0.15, 0.2) is 10.7 Å². The molecule has 0 spiro atoms. The van der Waals surface area contributed by atoms with Crippen molar-refractivity contribution in [3.8, 4) is 0 Å². The predicted octanol–water partition coefficient (Wildman–Crippen LogP) is 3.58. The van der Waals surface area contributed by atoms with Gasteiger partial charge in [-0.25, -0.2) is 9.78 Å². The molecule has 0 fully saturated rings. The van der Waals surface area contributed by atoms with E-state index in [1.807, 2.05) is 22.6 Å². The lowest BCUT2D eigenvalue weighted by Crippen LogP contribution is -2.10. The van der Waals surface area contributed by atoms with Crippen LogP contribution >= 0.6 is 50.1 Å². The Bertz CT molecular complexity index is 415. The Hall–Kier alpha value is 0.0800. The summed E-state index contributed by atoms with van der Waals surface area (Å²) in [6.07, 6.45) is 1.23. The van der Waals surface area contributed by atoms with Crippen LogP contribution in [0.5, 0.6) is 0 Å². The number of nitrogens with zero attached hydrogens (tertiary/aromatic N) is 1. The molecular weight excluding hydrogens is 424 g/mol. The molecule has 0 bridgehead atoms. The third kappa shape index (κ3) is 7.17. The number of rotatable bonds is 1. The number of hydrogen-bond donors (Lipinski definition) is 2. The molecule has 17 heavy (non-hydrogen) atoms. The second kappa shape index (κ2) is 6.86. The molecule has 0 saturated carbocycles. The Labute approximate surface area is 127 Å². The summed E-state index contributed by atoms with van der Waals surface area (Å²) in [4.78, 5) is 14.3. The Morgan fingerprint density at radius 1 is 1.53 bits per heavy atom. The molecule has 0 radical (unpaired) electrons. The molecule has 0 amide bonds. The minimum atomic E-state index is -1.01. The summed E-state index contributed by atoms with van der Waals surface area (Å²) in [6, 6.07) is 0. The van der Waals surface area contributed by atoms with Crippen molar-refractivity contribution in [1.82, 2.24) is 4.98 Å². The number of carbonyl (C=O) groups is 1. The highest BCUT2D eigenvalue weighted by atomic mass is 127. The SMILES string of the molecule is CC(C)(C)O.O=C(O)c1cnc(Cl)c(Br)c1I. The van der Waals surface area contributed by atoms with Crippen molar-refractivity contribution in [2.45, 2.75) is 26.4 Å². The quantitative estimate of drug-likeness (QED) is 0.522. The van der Waals surface area contributed by atoms with Crippen molar-refractivity contribution in [3.63, 3.8) is 0 Å². The Morgan fingerprint density at radius 2 is 1.94 bits per heavy atom. The molecule has 96 valence electrons. The van der Waals surface area contributed by atoms with E-state index in [9.17, 15) is 4.79 Å². The summed E-state index contributed by atoms with van der Waals surface area (Å²) in [5.41, 5.74) is -0.355. The Morgan fingerprint density at radius 3 is 2.29 bits per heavy atom. The molecule has 0 unspecified atom stereocenters. The summed E-state index contributed by atoms with van der Waals surface area (Å²) >= 11 is 10.7. The lowest BCUT2D eigenvalue weighted by atomic mass is 10.2. The van der Waals surface area contributed by atoms with Gasteiger partial charge in [0.2, 0.25) is 0 Å². The fourth-order valence-corrected chi connectivity index (χ4v) is 1.84. The van der Waals surface area contributed by atoms with Gasteiger partial charge in [-0.1, -0.05) is 11.6 Å².